The molecule has 0 heterocycles. The van der Waals surface area contributed by atoms with E-state index in [2.05, 4.69) is 97.9 Å². The summed E-state index contributed by atoms with van der Waals surface area (Å²) < 4.78 is 0. The minimum atomic E-state index is 1.11. The maximum absolute atomic E-state index is 2.46. The molecule has 5 rings (SSSR count). The van der Waals surface area contributed by atoms with Crippen LogP contribution in [0.2, 0.25) is 0 Å². The second kappa shape index (κ2) is 7.72. The average molecular weight is 375 g/mol. The quantitative estimate of drug-likeness (QED) is 0.329. The van der Waals surface area contributed by atoms with E-state index in [0.717, 1.165) is 6.42 Å². The molecule has 0 aliphatic heterocycles. The van der Waals surface area contributed by atoms with Gasteiger partial charge in [0.05, 0.1) is 0 Å². The molecule has 0 saturated carbocycles. The minimum absolute atomic E-state index is 1.11. The summed E-state index contributed by atoms with van der Waals surface area (Å²) in [5.74, 6) is 0. The molecule has 29 heavy (non-hydrogen) atoms. The van der Waals surface area contributed by atoms with E-state index in [4.69, 9.17) is 0 Å². The Morgan fingerprint density at radius 2 is 1.31 bits per heavy atom. The van der Waals surface area contributed by atoms with E-state index in [1.165, 1.54) is 63.4 Å². The first-order chi connectivity index (χ1) is 14.3. The Balaban J connectivity index is 1.68. The molecule has 0 unspecified atom stereocenters. The van der Waals surface area contributed by atoms with Crippen molar-refractivity contribution < 1.29 is 0 Å². The van der Waals surface area contributed by atoms with E-state index < -0.39 is 0 Å². The van der Waals surface area contributed by atoms with Gasteiger partial charge in [-0.05, 0) is 63.4 Å². The fourth-order valence-corrected chi connectivity index (χ4v) is 4.65. The van der Waals surface area contributed by atoms with Crippen LogP contribution < -0.4 is 0 Å². The Morgan fingerprint density at radius 3 is 2.17 bits per heavy atom. The van der Waals surface area contributed by atoms with Gasteiger partial charge in [-0.25, -0.2) is 0 Å². The molecule has 4 aromatic carbocycles. The summed E-state index contributed by atoms with van der Waals surface area (Å²) in [6.45, 7) is 2.27. The molecule has 0 N–H and O–H groups in total. The monoisotopic (exact) mass is 374 g/mol. The fraction of sp³-hybridized carbons (Fsp3) is 0.172. The lowest BCUT2D eigenvalue weighted by molar-refractivity contribution is 0.779. The zero-order chi connectivity index (χ0) is 19.6. The number of hydrogen-bond acceptors (Lipinski definition) is 0. The molecule has 0 atom stereocenters. The van der Waals surface area contributed by atoms with Crippen LogP contribution in [0.15, 0.2) is 90.5 Å². The molecule has 0 radical (unpaired) electrons. The Bertz CT molecular complexity index is 1200. The van der Waals surface area contributed by atoms with Gasteiger partial charge in [0.15, 0.2) is 0 Å². The molecule has 0 saturated heterocycles. The van der Waals surface area contributed by atoms with Crippen LogP contribution >= 0.6 is 0 Å². The van der Waals surface area contributed by atoms with Crippen molar-refractivity contribution in [2.24, 2.45) is 0 Å². The SMILES string of the molecule is CCCCC1=Cc2c(cccc2-c2ccccc2-c2cccc3ccccc23)C1. The first-order valence-corrected chi connectivity index (χ1v) is 10.7. The number of rotatable bonds is 5. The molecule has 0 amide bonds. The molecule has 1 aliphatic rings. The molecule has 4 aromatic rings. The van der Waals surface area contributed by atoms with E-state index in [9.17, 15) is 0 Å². The van der Waals surface area contributed by atoms with Gasteiger partial charge in [0.2, 0.25) is 0 Å². The first-order valence-electron chi connectivity index (χ1n) is 10.7. The van der Waals surface area contributed by atoms with Crippen molar-refractivity contribution >= 4 is 16.8 Å². The highest BCUT2D eigenvalue weighted by Gasteiger charge is 2.18. The van der Waals surface area contributed by atoms with Gasteiger partial charge in [-0.1, -0.05) is 110 Å². The van der Waals surface area contributed by atoms with Crippen LogP contribution in [0.4, 0.5) is 0 Å². The minimum Gasteiger partial charge on any atom is -0.0654 e. The maximum Gasteiger partial charge on any atom is -0.00576 e. The highest BCUT2D eigenvalue weighted by molar-refractivity contribution is 6.01. The summed E-state index contributed by atoms with van der Waals surface area (Å²) in [5, 5.41) is 2.61. The number of hydrogen-bond donors (Lipinski definition) is 0. The Hall–Kier alpha value is -3.12. The lowest BCUT2D eigenvalue weighted by Gasteiger charge is -2.15. The zero-order valence-electron chi connectivity index (χ0n) is 17.0. The molecule has 142 valence electrons. The zero-order valence-corrected chi connectivity index (χ0v) is 17.0. The summed E-state index contributed by atoms with van der Waals surface area (Å²) >= 11 is 0. The van der Waals surface area contributed by atoms with Crippen LogP contribution in [0.3, 0.4) is 0 Å². The Labute approximate surface area is 173 Å². The second-order valence-corrected chi connectivity index (χ2v) is 8.03. The third-order valence-electron chi connectivity index (χ3n) is 6.11. The maximum atomic E-state index is 2.46. The van der Waals surface area contributed by atoms with Gasteiger partial charge in [-0.15, -0.1) is 0 Å². The molecule has 0 fully saturated rings. The molecular formula is C29H26. The molecule has 0 heteroatoms. The van der Waals surface area contributed by atoms with Crippen LogP contribution in [-0.4, -0.2) is 0 Å². The average Bonchev–Trinajstić information content (AvgIpc) is 3.20. The van der Waals surface area contributed by atoms with E-state index in [1.807, 2.05) is 0 Å². The summed E-state index contributed by atoms with van der Waals surface area (Å²) in [7, 11) is 0. The van der Waals surface area contributed by atoms with Gasteiger partial charge in [0, 0.05) is 0 Å². The van der Waals surface area contributed by atoms with Crippen LogP contribution in [0, 0.1) is 0 Å². The number of benzene rings is 4. The van der Waals surface area contributed by atoms with Crippen molar-refractivity contribution in [1.29, 1.82) is 0 Å². The first kappa shape index (κ1) is 17.9. The Kier molecular flexibility index (Phi) is 4.77. The summed E-state index contributed by atoms with van der Waals surface area (Å²) in [5.41, 5.74) is 9.79. The van der Waals surface area contributed by atoms with Crippen molar-refractivity contribution in [3.8, 4) is 22.3 Å². The largest absolute Gasteiger partial charge is 0.0654 e. The van der Waals surface area contributed by atoms with Gasteiger partial charge in [-0.3, -0.25) is 0 Å². The van der Waals surface area contributed by atoms with Crippen molar-refractivity contribution in [3.05, 3.63) is 102 Å². The molecule has 1 aliphatic carbocycles. The van der Waals surface area contributed by atoms with Crippen LogP contribution in [-0.2, 0) is 6.42 Å². The van der Waals surface area contributed by atoms with Gasteiger partial charge >= 0.3 is 0 Å². The normalized spacial score (nSPS) is 12.8. The van der Waals surface area contributed by atoms with Crippen molar-refractivity contribution in [2.45, 2.75) is 32.6 Å². The standard InChI is InChI=1S/C29H26/c1-2-3-10-21-19-23-13-9-18-28(29(23)20-21)27-16-7-6-15-26(27)25-17-8-12-22-11-4-5-14-24(22)25/h4-9,11-18,20H,2-3,10,19H2,1H3. The van der Waals surface area contributed by atoms with Crippen molar-refractivity contribution in [2.75, 3.05) is 0 Å². The van der Waals surface area contributed by atoms with Gasteiger partial charge in [0.25, 0.3) is 0 Å². The van der Waals surface area contributed by atoms with E-state index in [-0.39, 0.29) is 0 Å². The number of fused-ring (bicyclic) bond motifs is 2. The predicted octanol–water partition coefficient (Wildman–Crippen LogP) is 8.30. The van der Waals surface area contributed by atoms with Crippen molar-refractivity contribution in [3.63, 3.8) is 0 Å². The van der Waals surface area contributed by atoms with Gasteiger partial charge in [0.1, 0.15) is 0 Å². The molecule has 0 aromatic heterocycles. The summed E-state index contributed by atoms with van der Waals surface area (Å²) in [6.07, 6.45) is 7.32. The molecule has 0 spiro atoms. The summed E-state index contributed by atoms with van der Waals surface area (Å²) in [6, 6.07) is 31.0. The predicted molar refractivity (Wildman–Crippen MR) is 126 cm³/mol. The number of unbranched alkanes of at least 4 members (excludes halogenated alkanes) is 1. The highest BCUT2D eigenvalue weighted by atomic mass is 14.2. The third-order valence-corrected chi connectivity index (χ3v) is 6.11. The van der Waals surface area contributed by atoms with Gasteiger partial charge < -0.3 is 0 Å². The van der Waals surface area contributed by atoms with Crippen LogP contribution in [0.25, 0.3) is 39.1 Å². The number of allylic oxidation sites excluding steroid dienone is 1. The highest BCUT2D eigenvalue weighted by Crippen LogP contribution is 2.41. The molecular weight excluding hydrogens is 348 g/mol. The second-order valence-electron chi connectivity index (χ2n) is 8.03. The Morgan fingerprint density at radius 1 is 0.655 bits per heavy atom. The fourth-order valence-electron chi connectivity index (χ4n) is 4.65. The van der Waals surface area contributed by atoms with E-state index >= 15 is 0 Å². The summed E-state index contributed by atoms with van der Waals surface area (Å²) in [4.78, 5) is 0. The topological polar surface area (TPSA) is 0 Å². The van der Waals surface area contributed by atoms with Crippen LogP contribution in [0.1, 0.15) is 37.3 Å². The molecule has 0 nitrogen and oxygen atoms in total. The smallest absolute Gasteiger partial charge is 0.00576 e. The molecule has 0 bridgehead atoms. The van der Waals surface area contributed by atoms with Crippen molar-refractivity contribution in [1.82, 2.24) is 0 Å². The lowest BCUT2D eigenvalue weighted by Crippen LogP contribution is -1.91. The third kappa shape index (κ3) is 3.29. The van der Waals surface area contributed by atoms with Crippen LogP contribution in [0.5, 0.6) is 0 Å². The van der Waals surface area contributed by atoms with Gasteiger partial charge in [-0.2, -0.15) is 0 Å². The lowest BCUT2D eigenvalue weighted by atomic mass is 9.89. The van der Waals surface area contributed by atoms with E-state index in [0.29, 0.717) is 0 Å². The van der Waals surface area contributed by atoms with E-state index in [1.54, 1.807) is 5.57 Å².